The molecule has 0 saturated carbocycles. The third kappa shape index (κ3) is 5.71. The van der Waals surface area contributed by atoms with Crippen LogP contribution in [0.15, 0.2) is 66.7 Å². The summed E-state index contributed by atoms with van der Waals surface area (Å²) in [5.74, 6) is 0.618. The van der Waals surface area contributed by atoms with E-state index >= 15 is 0 Å². The Morgan fingerprint density at radius 3 is 2.39 bits per heavy atom. The number of hydrogen-bond acceptors (Lipinski definition) is 0. The standard InChI is InChI=1S/C23H30/c1-4-5-6-8-12-19(2)20(3)17-21-13-11-16-23(18-21)22-14-9-7-10-15-22/h7,9-11,13-16,18-19H,3-6,8,12,17H2,1-2H3. The predicted octanol–water partition coefficient (Wildman–Crippen LogP) is 7.06. The first-order valence-electron chi connectivity index (χ1n) is 9.02. The second kappa shape index (κ2) is 9.35. The third-order valence-corrected chi connectivity index (χ3v) is 4.65. The van der Waals surface area contributed by atoms with Gasteiger partial charge in [0.05, 0.1) is 0 Å². The van der Waals surface area contributed by atoms with Crippen molar-refractivity contribution in [3.8, 4) is 11.1 Å². The molecular formula is C23H30. The van der Waals surface area contributed by atoms with Crippen LogP contribution in [0.1, 0.15) is 51.5 Å². The SMILES string of the molecule is C=C(Cc1cccc(-c2ccccc2)c1)C(C)CCCCCC. The maximum atomic E-state index is 4.35. The molecule has 0 aliphatic heterocycles. The van der Waals surface area contributed by atoms with Crippen molar-refractivity contribution in [2.45, 2.75) is 52.4 Å². The van der Waals surface area contributed by atoms with Crippen molar-refractivity contribution in [3.05, 3.63) is 72.3 Å². The molecule has 2 rings (SSSR count). The Bertz CT molecular complexity index is 594. The highest BCUT2D eigenvalue weighted by atomic mass is 14.1. The zero-order valence-corrected chi connectivity index (χ0v) is 14.7. The van der Waals surface area contributed by atoms with Gasteiger partial charge in [-0.05, 0) is 35.4 Å². The Balaban J connectivity index is 1.93. The lowest BCUT2D eigenvalue weighted by Crippen LogP contribution is -2.02. The van der Waals surface area contributed by atoms with E-state index in [0.29, 0.717) is 5.92 Å². The minimum atomic E-state index is 0.618. The first-order valence-corrected chi connectivity index (χ1v) is 9.02. The maximum Gasteiger partial charge on any atom is -0.00669 e. The summed E-state index contributed by atoms with van der Waals surface area (Å²) in [7, 11) is 0. The van der Waals surface area contributed by atoms with Gasteiger partial charge < -0.3 is 0 Å². The average Bonchev–Trinajstić information content (AvgIpc) is 2.59. The molecular weight excluding hydrogens is 276 g/mol. The minimum absolute atomic E-state index is 0.618. The topological polar surface area (TPSA) is 0 Å². The highest BCUT2D eigenvalue weighted by molar-refractivity contribution is 5.64. The molecule has 0 saturated heterocycles. The van der Waals surface area contributed by atoms with Crippen LogP contribution < -0.4 is 0 Å². The first-order chi connectivity index (χ1) is 11.2. The Morgan fingerprint density at radius 1 is 0.913 bits per heavy atom. The smallest absolute Gasteiger partial charge is 0.00669 e. The molecule has 0 N–H and O–H groups in total. The molecule has 0 radical (unpaired) electrons. The molecule has 122 valence electrons. The van der Waals surface area contributed by atoms with E-state index in [1.54, 1.807) is 0 Å². The largest absolute Gasteiger partial charge is 0.0993 e. The fraction of sp³-hybridized carbons (Fsp3) is 0.391. The summed E-state index contributed by atoms with van der Waals surface area (Å²) < 4.78 is 0. The van der Waals surface area contributed by atoms with Crippen LogP contribution in [0.5, 0.6) is 0 Å². The molecule has 1 atom stereocenters. The zero-order chi connectivity index (χ0) is 16.5. The monoisotopic (exact) mass is 306 g/mol. The number of benzene rings is 2. The van der Waals surface area contributed by atoms with E-state index in [-0.39, 0.29) is 0 Å². The quantitative estimate of drug-likeness (QED) is 0.343. The van der Waals surface area contributed by atoms with Crippen LogP contribution >= 0.6 is 0 Å². The summed E-state index contributed by atoms with van der Waals surface area (Å²) in [6.45, 7) is 8.95. The van der Waals surface area contributed by atoms with Crippen LogP contribution in [0.25, 0.3) is 11.1 Å². The van der Waals surface area contributed by atoms with E-state index in [0.717, 1.165) is 6.42 Å². The van der Waals surface area contributed by atoms with Gasteiger partial charge in [-0.25, -0.2) is 0 Å². The minimum Gasteiger partial charge on any atom is -0.0993 e. The van der Waals surface area contributed by atoms with Gasteiger partial charge in [0.2, 0.25) is 0 Å². The summed E-state index contributed by atoms with van der Waals surface area (Å²) in [6.07, 6.45) is 7.63. The fourth-order valence-corrected chi connectivity index (χ4v) is 3.01. The lowest BCUT2D eigenvalue weighted by Gasteiger charge is -2.15. The Hall–Kier alpha value is -1.82. The molecule has 0 heteroatoms. The van der Waals surface area contributed by atoms with Crippen LogP contribution in [0.4, 0.5) is 0 Å². The molecule has 0 amide bonds. The van der Waals surface area contributed by atoms with Crippen molar-refractivity contribution in [1.82, 2.24) is 0 Å². The van der Waals surface area contributed by atoms with Gasteiger partial charge in [0.1, 0.15) is 0 Å². The van der Waals surface area contributed by atoms with Crippen molar-refractivity contribution < 1.29 is 0 Å². The van der Waals surface area contributed by atoms with Gasteiger partial charge in [0, 0.05) is 0 Å². The molecule has 0 fully saturated rings. The van der Waals surface area contributed by atoms with Gasteiger partial charge in [-0.15, -0.1) is 0 Å². The summed E-state index contributed by atoms with van der Waals surface area (Å²) in [5, 5.41) is 0. The van der Waals surface area contributed by atoms with Crippen LogP contribution in [-0.2, 0) is 6.42 Å². The Labute approximate surface area is 142 Å². The number of rotatable bonds is 9. The van der Waals surface area contributed by atoms with Crippen LogP contribution in [0.2, 0.25) is 0 Å². The van der Waals surface area contributed by atoms with Gasteiger partial charge in [0.15, 0.2) is 0 Å². The lowest BCUT2D eigenvalue weighted by molar-refractivity contribution is 0.536. The predicted molar refractivity (Wildman–Crippen MR) is 103 cm³/mol. The Morgan fingerprint density at radius 2 is 1.65 bits per heavy atom. The van der Waals surface area contributed by atoms with Crippen molar-refractivity contribution in [2.75, 3.05) is 0 Å². The molecule has 0 heterocycles. The normalized spacial score (nSPS) is 12.1. The van der Waals surface area contributed by atoms with E-state index in [9.17, 15) is 0 Å². The maximum absolute atomic E-state index is 4.35. The van der Waals surface area contributed by atoms with Crippen molar-refractivity contribution >= 4 is 0 Å². The van der Waals surface area contributed by atoms with E-state index in [1.807, 2.05) is 0 Å². The summed E-state index contributed by atoms with van der Waals surface area (Å²) >= 11 is 0. The van der Waals surface area contributed by atoms with E-state index in [4.69, 9.17) is 0 Å². The van der Waals surface area contributed by atoms with Gasteiger partial charge in [0.25, 0.3) is 0 Å². The first kappa shape index (κ1) is 17.5. The molecule has 23 heavy (non-hydrogen) atoms. The highest BCUT2D eigenvalue weighted by Crippen LogP contribution is 2.24. The number of unbranched alkanes of at least 4 members (excludes halogenated alkanes) is 3. The lowest BCUT2D eigenvalue weighted by atomic mass is 9.90. The number of hydrogen-bond donors (Lipinski definition) is 0. The van der Waals surface area contributed by atoms with Crippen molar-refractivity contribution in [3.63, 3.8) is 0 Å². The third-order valence-electron chi connectivity index (χ3n) is 4.65. The zero-order valence-electron chi connectivity index (χ0n) is 14.7. The van der Waals surface area contributed by atoms with Gasteiger partial charge >= 0.3 is 0 Å². The molecule has 1 unspecified atom stereocenters. The van der Waals surface area contributed by atoms with Crippen LogP contribution in [-0.4, -0.2) is 0 Å². The van der Waals surface area contributed by atoms with Crippen LogP contribution in [0.3, 0.4) is 0 Å². The molecule has 0 aliphatic carbocycles. The molecule has 0 aromatic heterocycles. The average molecular weight is 306 g/mol. The van der Waals surface area contributed by atoms with E-state index in [2.05, 4.69) is 75.0 Å². The second-order valence-corrected chi connectivity index (χ2v) is 6.65. The molecule has 0 aliphatic rings. The molecule has 2 aromatic rings. The molecule has 0 spiro atoms. The van der Waals surface area contributed by atoms with E-state index in [1.165, 1.54) is 54.4 Å². The Kier molecular flexibility index (Phi) is 7.13. The summed E-state index contributed by atoms with van der Waals surface area (Å²) in [5.41, 5.74) is 5.32. The second-order valence-electron chi connectivity index (χ2n) is 6.65. The fourth-order valence-electron chi connectivity index (χ4n) is 3.01. The summed E-state index contributed by atoms with van der Waals surface area (Å²) in [6, 6.07) is 19.5. The summed E-state index contributed by atoms with van der Waals surface area (Å²) in [4.78, 5) is 0. The van der Waals surface area contributed by atoms with Crippen LogP contribution in [0, 0.1) is 5.92 Å². The molecule has 0 bridgehead atoms. The molecule has 0 nitrogen and oxygen atoms in total. The highest BCUT2D eigenvalue weighted by Gasteiger charge is 2.08. The molecule has 2 aromatic carbocycles. The van der Waals surface area contributed by atoms with Gasteiger partial charge in [-0.1, -0.05) is 106 Å². The van der Waals surface area contributed by atoms with Crippen molar-refractivity contribution in [2.24, 2.45) is 5.92 Å². The van der Waals surface area contributed by atoms with Gasteiger partial charge in [-0.3, -0.25) is 0 Å². The number of allylic oxidation sites excluding steroid dienone is 1. The van der Waals surface area contributed by atoms with Crippen molar-refractivity contribution in [1.29, 1.82) is 0 Å². The van der Waals surface area contributed by atoms with E-state index < -0.39 is 0 Å². The van der Waals surface area contributed by atoms with Gasteiger partial charge in [-0.2, -0.15) is 0 Å².